The molecule has 11 heteroatoms. The first-order valence-corrected chi connectivity index (χ1v) is 13.4. The van der Waals surface area contributed by atoms with Crippen molar-refractivity contribution in [2.45, 2.75) is 18.5 Å². The van der Waals surface area contributed by atoms with E-state index in [0.29, 0.717) is 17.1 Å². The number of carboxylic acid groups (broad SMARTS) is 1. The Morgan fingerprint density at radius 3 is 2.16 bits per heavy atom. The Labute approximate surface area is 220 Å². The second kappa shape index (κ2) is 11.5. The molecule has 0 bridgehead atoms. The van der Waals surface area contributed by atoms with Crippen LogP contribution in [-0.2, 0) is 26.1 Å². The lowest BCUT2D eigenvalue weighted by Crippen LogP contribution is -2.47. The molecule has 0 saturated heterocycles. The second-order valence-electron chi connectivity index (χ2n) is 8.64. The van der Waals surface area contributed by atoms with Crippen LogP contribution in [-0.4, -0.2) is 58.2 Å². The van der Waals surface area contributed by atoms with Crippen molar-refractivity contribution in [2.75, 3.05) is 26.6 Å². The molecule has 38 heavy (non-hydrogen) atoms. The smallest absolute Gasteiger partial charge is 0.407 e. The van der Waals surface area contributed by atoms with E-state index in [0.717, 1.165) is 22.3 Å². The molecule has 1 unspecified atom stereocenters. The molecule has 0 spiro atoms. The standard InChI is InChI=1S/C27H28N2O8S/c1-35-18-12-11-17(25(13-18)36-2)14-28-38(33,34)16-24(26(30)31)29-27(32)37-15-23-21-9-5-3-7-19(21)20-8-4-6-10-22(20)23/h3-13,23-24,28H,14-16H2,1-2H3,(H,29,32)(H,30,31). The number of hydrogen-bond donors (Lipinski definition) is 3. The van der Waals surface area contributed by atoms with Crippen LogP contribution in [0, 0.1) is 0 Å². The van der Waals surface area contributed by atoms with Crippen LogP contribution in [0.3, 0.4) is 0 Å². The van der Waals surface area contributed by atoms with Gasteiger partial charge >= 0.3 is 12.1 Å². The van der Waals surface area contributed by atoms with Crippen LogP contribution in [0.4, 0.5) is 4.79 Å². The Kier molecular flexibility index (Phi) is 8.18. The summed E-state index contributed by atoms with van der Waals surface area (Å²) in [6.45, 7) is -0.179. The average molecular weight is 541 g/mol. The number of fused-ring (bicyclic) bond motifs is 3. The molecule has 0 aromatic heterocycles. The first kappa shape index (κ1) is 27.0. The zero-order valence-corrected chi connectivity index (χ0v) is 21.7. The van der Waals surface area contributed by atoms with Crippen molar-refractivity contribution in [3.05, 3.63) is 83.4 Å². The third kappa shape index (κ3) is 6.06. The van der Waals surface area contributed by atoms with E-state index >= 15 is 0 Å². The number of ether oxygens (including phenoxy) is 3. The van der Waals surface area contributed by atoms with Crippen molar-refractivity contribution in [1.29, 1.82) is 0 Å². The van der Waals surface area contributed by atoms with Crippen molar-refractivity contribution in [1.82, 2.24) is 10.0 Å². The summed E-state index contributed by atoms with van der Waals surface area (Å²) < 4.78 is 43.3. The van der Waals surface area contributed by atoms with Crippen molar-refractivity contribution < 1.29 is 37.3 Å². The van der Waals surface area contributed by atoms with Crippen LogP contribution >= 0.6 is 0 Å². The summed E-state index contributed by atoms with van der Waals surface area (Å²) in [5.74, 6) is -1.68. The number of hydrogen-bond acceptors (Lipinski definition) is 7. The van der Waals surface area contributed by atoms with Gasteiger partial charge in [0.2, 0.25) is 10.0 Å². The molecule has 10 nitrogen and oxygen atoms in total. The number of carboxylic acids is 1. The van der Waals surface area contributed by atoms with Gasteiger partial charge in [-0.05, 0) is 28.3 Å². The number of nitrogens with one attached hydrogen (secondary N) is 2. The fraction of sp³-hybridized carbons (Fsp3) is 0.259. The highest BCUT2D eigenvalue weighted by Crippen LogP contribution is 2.44. The predicted molar refractivity (Wildman–Crippen MR) is 140 cm³/mol. The maximum Gasteiger partial charge on any atom is 0.407 e. The molecule has 3 aromatic rings. The Hall–Kier alpha value is -4.09. The molecule has 0 saturated carbocycles. The Bertz CT molecular complexity index is 1390. The number of carbonyl (C=O) groups excluding carboxylic acids is 1. The van der Waals surface area contributed by atoms with Crippen LogP contribution < -0.4 is 19.5 Å². The minimum Gasteiger partial charge on any atom is -0.497 e. The fourth-order valence-electron chi connectivity index (χ4n) is 4.42. The largest absolute Gasteiger partial charge is 0.497 e. The van der Waals surface area contributed by atoms with E-state index in [9.17, 15) is 23.1 Å². The van der Waals surface area contributed by atoms with Crippen molar-refractivity contribution in [3.63, 3.8) is 0 Å². The molecular weight excluding hydrogens is 512 g/mol. The SMILES string of the molecule is COc1ccc(CNS(=O)(=O)CC(NC(=O)OCC2c3ccccc3-c3ccccc32)C(=O)O)c(OC)c1. The average Bonchev–Trinajstić information content (AvgIpc) is 3.23. The van der Waals surface area contributed by atoms with E-state index in [1.54, 1.807) is 18.2 Å². The minimum absolute atomic E-state index is 0.0333. The summed E-state index contributed by atoms with van der Waals surface area (Å²) in [6, 6.07) is 18.7. The molecule has 1 aliphatic rings. The van der Waals surface area contributed by atoms with E-state index in [2.05, 4.69) is 10.0 Å². The lowest BCUT2D eigenvalue weighted by atomic mass is 9.98. The molecule has 4 rings (SSSR count). The van der Waals surface area contributed by atoms with E-state index in [1.807, 2.05) is 48.5 Å². The van der Waals surface area contributed by atoms with E-state index in [1.165, 1.54) is 14.2 Å². The molecule has 3 N–H and O–H groups in total. The first-order valence-electron chi connectivity index (χ1n) is 11.7. The van der Waals surface area contributed by atoms with Crippen molar-refractivity contribution in [3.8, 4) is 22.6 Å². The van der Waals surface area contributed by atoms with Gasteiger partial charge in [0, 0.05) is 24.1 Å². The van der Waals surface area contributed by atoms with Gasteiger partial charge in [0.15, 0.2) is 0 Å². The third-order valence-electron chi connectivity index (χ3n) is 6.30. The Morgan fingerprint density at radius 1 is 0.947 bits per heavy atom. The Balaban J connectivity index is 1.37. The maximum atomic E-state index is 12.6. The van der Waals surface area contributed by atoms with E-state index in [-0.39, 0.29) is 19.1 Å². The number of amides is 1. The molecule has 0 heterocycles. The van der Waals surface area contributed by atoms with Crippen LogP contribution in [0.5, 0.6) is 11.5 Å². The summed E-state index contributed by atoms with van der Waals surface area (Å²) in [5.41, 5.74) is 4.61. The zero-order chi connectivity index (χ0) is 27.3. The highest BCUT2D eigenvalue weighted by atomic mass is 32.2. The summed E-state index contributed by atoms with van der Waals surface area (Å²) in [7, 11) is -1.18. The summed E-state index contributed by atoms with van der Waals surface area (Å²) in [6.07, 6.45) is -1.02. The fourth-order valence-corrected chi connectivity index (χ4v) is 5.58. The zero-order valence-electron chi connectivity index (χ0n) is 20.8. The molecule has 3 aromatic carbocycles. The van der Waals surface area contributed by atoms with Crippen LogP contribution in [0.25, 0.3) is 11.1 Å². The van der Waals surface area contributed by atoms with E-state index < -0.39 is 33.9 Å². The molecule has 0 aliphatic heterocycles. The molecule has 1 aliphatic carbocycles. The normalized spacial score (nSPS) is 13.2. The van der Waals surface area contributed by atoms with Crippen molar-refractivity contribution >= 4 is 22.1 Å². The number of benzene rings is 3. The lowest BCUT2D eigenvalue weighted by Gasteiger charge is -2.18. The molecule has 0 fully saturated rings. The number of carbonyl (C=O) groups is 2. The highest BCUT2D eigenvalue weighted by Gasteiger charge is 2.31. The van der Waals surface area contributed by atoms with Crippen LogP contribution in [0.15, 0.2) is 66.7 Å². The second-order valence-corrected chi connectivity index (χ2v) is 10.5. The number of alkyl carbamates (subject to hydrolysis) is 1. The number of aliphatic carboxylic acids is 1. The van der Waals surface area contributed by atoms with Crippen LogP contribution in [0.1, 0.15) is 22.6 Å². The van der Waals surface area contributed by atoms with Gasteiger partial charge in [-0.25, -0.2) is 22.7 Å². The molecule has 1 amide bonds. The quantitative estimate of drug-likeness (QED) is 0.337. The third-order valence-corrected chi connectivity index (χ3v) is 7.65. The number of sulfonamides is 1. The van der Waals surface area contributed by atoms with Gasteiger partial charge < -0.3 is 24.6 Å². The topological polar surface area (TPSA) is 140 Å². The molecule has 1 atom stereocenters. The van der Waals surface area contributed by atoms with Gasteiger partial charge in [-0.3, -0.25) is 0 Å². The number of methoxy groups -OCH3 is 2. The molecule has 0 radical (unpaired) electrons. The van der Waals surface area contributed by atoms with Crippen molar-refractivity contribution in [2.24, 2.45) is 0 Å². The van der Waals surface area contributed by atoms with Crippen LogP contribution in [0.2, 0.25) is 0 Å². The van der Waals surface area contributed by atoms with Gasteiger partial charge in [0.25, 0.3) is 0 Å². The maximum absolute atomic E-state index is 12.6. The van der Waals surface area contributed by atoms with Gasteiger partial charge in [-0.1, -0.05) is 54.6 Å². The highest BCUT2D eigenvalue weighted by molar-refractivity contribution is 7.89. The summed E-state index contributed by atoms with van der Waals surface area (Å²) in [5, 5.41) is 11.7. The van der Waals surface area contributed by atoms with E-state index in [4.69, 9.17) is 14.2 Å². The Morgan fingerprint density at radius 2 is 1.58 bits per heavy atom. The predicted octanol–water partition coefficient (Wildman–Crippen LogP) is 3.12. The van der Waals surface area contributed by atoms with Gasteiger partial charge in [-0.2, -0.15) is 0 Å². The minimum atomic E-state index is -4.11. The molecule has 200 valence electrons. The van der Waals surface area contributed by atoms with Gasteiger partial charge in [0.1, 0.15) is 24.1 Å². The van der Waals surface area contributed by atoms with Gasteiger partial charge in [-0.15, -0.1) is 0 Å². The first-order chi connectivity index (χ1) is 18.2. The lowest BCUT2D eigenvalue weighted by molar-refractivity contribution is -0.138. The summed E-state index contributed by atoms with van der Waals surface area (Å²) >= 11 is 0. The molecular formula is C27H28N2O8S. The number of rotatable bonds is 11. The summed E-state index contributed by atoms with van der Waals surface area (Å²) in [4.78, 5) is 24.3. The monoisotopic (exact) mass is 540 g/mol. The van der Waals surface area contributed by atoms with Gasteiger partial charge in [0.05, 0.1) is 20.0 Å².